The van der Waals surface area contributed by atoms with Crippen molar-refractivity contribution in [3.8, 4) is 0 Å². The number of benzene rings is 1. The predicted octanol–water partition coefficient (Wildman–Crippen LogP) is 2.70. The van der Waals surface area contributed by atoms with Crippen LogP contribution in [-0.2, 0) is 17.1 Å². The van der Waals surface area contributed by atoms with Gasteiger partial charge in [0.1, 0.15) is 0 Å². The van der Waals surface area contributed by atoms with Crippen LogP contribution >= 0.6 is 23.5 Å². The molecule has 1 aromatic carbocycles. The Morgan fingerprint density at radius 2 is 2.10 bits per heavy atom. The molecule has 2 aromatic rings. The highest BCUT2D eigenvalue weighted by atomic mass is 32.2. The van der Waals surface area contributed by atoms with E-state index in [1.54, 1.807) is 11.8 Å². The molecule has 0 radical (unpaired) electrons. The molecule has 0 saturated carbocycles. The average Bonchev–Trinajstić information content (AvgIpc) is 2.84. The molecule has 4 nitrogen and oxygen atoms in total. The Balaban J connectivity index is 1.71. The lowest BCUT2D eigenvalue weighted by atomic mass is 10.1. The van der Waals surface area contributed by atoms with Crippen molar-refractivity contribution in [2.24, 2.45) is 0 Å². The zero-order valence-electron chi connectivity index (χ0n) is 11.5. The van der Waals surface area contributed by atoms with Gasteiger partial charge in [-0.3, -0.25) is 4.79 Å². The number of hydrogen-bond donors (Lipinski definition) is 1. The molecule has 0 aliphatic carbocycles. The van der Waals surface area contributed by atoms with Crippen molar-refractivity contribution < 1.29 is 4.79 Å². The molecule has 2 rings (SSSR count). The number of amides is 1. The van der Waals surface area contributed by atoms with E-state index in [1.165, 1.54) is 17.3 Å². The maximum absolute atomic E-state index is 11.8. The van der Waals surface area contributed by atoms with Gasteiger partial charge in [0.05, 0.1) is 28.9 Å². The molecule has 0 bridgehead atoms. The molecular weight excluding hydrogens is 290 g/mol. The van der Waals surface area contributed by atoms with Gasteiger partial charge in [0.15, 0.2) is 0 Å². The monoisotopic (exact) mass is 307 g/mol. The molecule has 6 heteroatoms. The van der Waals surface area contributed by atoms with E-state index in [0.29, 0.717) is 12.3 Å². The van der Waals surface area contributed by atoms with Crippen LogP contribution in [0.5, 0.6) is 0 Å². The van der Waals surface area contributed by atoms with E-state index < -0.39 is 0 Å². The Kier molecular flexibility index (Phi) is 5.55. The van der Waals surface area contributed by atoms with Gasteiger partial charge in [-0.15, -0.1) is 11.8 Å². The number of aromatic nitrogens is 2. The van der Waals surface area contributed by atoms with Crippen molar-refractivity contribution in [2.75, 3.05) is 5.75 Å². The first kappa shape index (κ1) is 15.0. The quantitative estimate of drug-likeness (QED) is 0.891. The highest BCUT2D eigenvalue weighted by Crippen LogP contribution is 2.13. The second-order valence-electron chi connectivity index (χ2n) is 4.49. The van der Waals surface area contributed by atoms with Gasteiger partial charge in [-0.1, -0.05) is 24.3 Å². The van der Waals surface area contributed by atoms with Crippen LogP contribution < -0.4 is 5.32 Å². The van der Waals surface area contributed by atoms with Crippen LogP contribution in [0.25, 0.3) is 0 Å². The minimum absolute atomic E-state index is 0.0547. The fourth-order valence-corrected chi connectivity index (χ4v) is 3.18. The molecule has 0 spiro atoms. The molecule has 0 atom stereocenters. The largest absolute Gasteiger partial charge is 0.351 e. The van der Waals surface area contributed by atoms with Gasteiger partial charge in [-0.25, -0.2) is 0 Å². The molecule has 0 unspecified atom stereocenters. The normalized spacial score (nSPS) is 10.5. The van der Waals surface area contributed by atoms with Crippen molar-refractivity contribution in [3.05, 3.63) is 46.8 Å². The number of carbonyl (C=O) groups is 1. The van der Waals surface area contributed by atoms with Crippen LogP contribution in [0, 0.1) is 13.8 Å². The third kappa shape index (κ3) is 4.31. The van der Waals surface area contributed by atoms with E-state index >= 15 is 0 Å². The standard InChI is InChI=1S/C14H17N3OS2/c1-10-5-3-4-6-12(10)7-15-14(18)9-19-8-13-11(2)16-20-17-13/h3-6H,7-9H2,1-2H3,(H,15,18). The lowest BCUT2D eigenvalue weighted by Gasteiger charge is -2.07. The molecular formula is C14H17N3OS2. The summed E-state index contributed by atoms with van der Waals surface area (Å²) in [6, 6.07) is 8.07. The van der Waals surface area contributed by atoms with Gasteiger partial charge in [0.2, 0.25) is 5.91 Å². The van der Waals surface area contributed by atoms with E-state index in [2.05, 4.69) is 14.1 Å². The Morgan fingerprint density at radius 3 is 2.80 bits per heavy atom. The highest BCUT2D eigenvalue weighted by molar-refractivity contribution is 7.99. The molecule has 1 heterocycles. The minimum atomic E-state index is 0.0547. The number of hydrogen-bond acceptors (Lipinski definition) is 5. The van der Waals surface area contributed by atoms with Crippen LogP contribution in [0.1, 0.15) is 22.5 Å². The van der Waals surface area contributed by atoms with Gasteiger partial charge in [-0.05, 0) is 25.0 Å². The van der Waals surface area contributed by atoms with Crippen molar-refractivity contribution in [1.29, 1.82) is 0 Å². The van der Waals surface area contributed by atoms with Crippen molar-refractivity contribution in [3.63, 3.8) is 0 Å². The Morgan fingerprint density at radius 1 is 1.30 bits per heavy atom. The molecule has 0 fully saturated rings. The van der Waals surface area contributed by atoms with E-state index in [0.717, 1.165) is 22.7 Å². The minimum Gasteiger partial charge on any atom is -0.351 e. The van der Waals surface area contributed by atoms with Crippen molar-refractivity contribution in [2.45, 2.75) is 26.1 Å². The number of nitrogens with one attached hydrogen (secondary N) is 1. The highest BCUT2D eigenvalue weighted by Gasteiger charge is 2.06. The predicted molar refractivity (Wildman–Crippen MR) is 83.8 cm³/mol. The maximum Gasteiger partial charge on any atom is 0.230 e. The van der Waals surface area contributed by atoms with E-state index in [9.17, 15) is 4.79 Å². The lowest BCUT2D eigenvalue weighted by molar-refractivity contribution is -0.118. The van der Waals surface area contributed by atoms with E-state index in [1.807, 2.05) is 38.1 Å². The third-order valence-electron chi connectivity index (χ3n) is 2.96. The number of aryl methyl sites for hydroxylation is 2. The molecule has 0 aliphatic rings. The number of carbonyl (C=O) groups excluding carboxylic acids is 1. The SMILES string of the molecule is Cc1ccccc1CNC(=O)CSCc1nsnc1C. The number of thioether (sulfide) groups is 1. The summed E-state index contributed by atoms with van der Waals surface area (Å²) in [4.78, 5) is 11.8. The molecule has 1 aromatic heterocycles. The summed E-state index contributed by atoms with van der Waals surface area (Å²) in [6.45, 7) is 4.58. The summed E-state index contributed by atoms with van der Waals surface area (Å²) in [6.07, 6.45) is 0. The van der Waals surface area contributed by atoms with Crippen LogP contribution in [0.2, 0.25) is 0 Å². The second-order valence-corrected chi connectivity index (χ2v) is 6.01. The summed E-state index contributed by atoms with van der Waals surface area (Å²) in [5, 5.41) is 2.94. The second kappa shape index (κ2) is 7.40. The average molecular weight is 307 g/mol. The zero-order valence-corrected chi connectivity index (χ0v) is 13.2. The van der Waals surface area contributed by atoms with E-state index in [4.69, 9.17) is 0 Å². The molecule has 20 heavy (non-hydrogen) atoms. The summed E-state index contributed by atoms with van der Waals surface area (Å²) >= 11 is 2.79. The molecule has 1 N–H and O–H groups in total. The molecule has 106 valence electrons. The molecule has 0 saturated heterocycles. The summed E-state index contributed by atoms with van der Waals surface area (Å²) < 4.78 is 8.31. The summed E-state index contributed by atoms with van der Waals surface area (Å²) in [5.74, 6) is 1.24. The van der Waals surface area contributed by atoms with Crippen LogP contribution in [0.4, 0.5) is 0 Å². The number of rotatable bonds is 6. The Bertz CT molecular complexity index is 583. The summed E-state index contributed by atoms with van der Waals surface area (Å²) in [7, 11) is 0. The third-order valence-corrected chi connectivity index (χ3v) is 4.56. The van der Waals surface area contributed by atoms with Crippen LogP contribution in [-0.4, -0.2) is 20.4 Å². The fraction of sp³-hybridized carbons (Fsp3) is 0.357. The topological polar surface area (TPSA) is 54.9 Å². The van der Waals surface area contributed by atoms with Crippen LogP contribution in [0.15, 0.2) is 24.3 Å². The van der Waals surface area contributed by atoms with Crippen molar-refractivity contribution in [1.82, 2.24) is 14.1 Å². The smallest absolute Gasteiger partial charge is 0.230 e. The first-order chi connectivity index (χ1) is 9.66. The number of nitrogens with zero attached hydrogens (tertiary/aromatic N) is 2. The maximum atomic E-state index is 11.8. The van der Waals surface area contributed by atoms with Gasteiger partial charge in [0, 0.05) is 12.3 Å². The van der Waals surface area contributed by atoms with Gasteiger partial charge in [-0.2, -0.15) is 8.75 Å². The molecule has 0 aliphatic heterocycles. The zero-order chi connectivity index (χ0) is 14.4. The van der Waals surface area contributed by atoms with Gasteiger partial charge in [0.25, 0.3) is 0 Å². The first-order valence-corrected chi connectivity index (χ1v) is 8.22. The molecule has 1 amide bonds. The fourth-order valence-electron chi connectivity index (χ4n) is 1.67. The van der Waals surface area contributed by atoms with Crippen LogP contribution in [0.3, 0.4) is 0 Å². The lowest BCUT2D eigenvalue weighted by Crippen LogP contribution is -2.25. The first-order valence-electron chi connectivity index (χ1n) is 6.34. The van der Waals surface area contributed by atoms with E-state index in [-0.39, 0.29) is 5.91 Å². The van der Waals surface area contributed by atoms with Gasteiger partial charge >= 0.3 is 0 Å². The van der Waals surface area contributed by atoms with Gasteiger partial charge < -0.3 is 5.32 Å². The van der Waals surface area contributed by atoms with Crippen molar-refractivity contribution >= 4 is 29.4 Å². The summed E-state index contributed by atoms with van der Waals surface area (Å²) in [5.41, 5.74) is 4.30. The Hall–Kier alpha value is -1.40. The Labute approximate surface area is 127 Å².